The van der Waals surface area contributed by atoms with E-state index in [1.54, 1.807) is 11.8 Å². The predicted molar refractivity (Wildman–Crippen MR) is 96.5 cm³/mol. The molecule has 0 unspecified atom stereocenters. The Morgan fingerprint density at radius 2 is 2.04 bits per heavy atom. The van der Waals surface area contributed by atoms with E-state index in [1.165, 1.54) is 35.3 Å². The molecule has 0 fully saturated rings. The van der Waals surface area contributed by atoms with Gasteiger partial charge in [0.05, 0.1) is 0 Å². The molecule has 4 nitrogen and oxygen atoms in total. The first-order valence-electron chi connectivity index (χ1n) is 8.01. The van der Waals surface area contributed by atoms with Crippen LogP contribution in [0.2, 0.25) is 0 Å². The Hall–Kier alpha value is -1.40. The van der Waals surface area contributed by atoms with Crippen molar-refractivity contribution in [3.63, 3.8) is 0 Å². The Labute approximate surface area is 145 Å². The maximum absolute atomic E-state index is 12.4. The lowest BCUT2D eigenvalue weighted by atomic mass is 9.90. The van der Waals surface area contributed by atoms with Crippen LogP contribution in [0.4, 0.5) is 5.13 Å². The molecule has 1 amide bonds. The second-order valence-corrected chi connectivity index (χ2v) is 8.47. The predicted octanol–water partition coefficient (Wildman–Crippen LogP) is 4.42. The molecular weight excluding hydrogens is 326 g/mol. The van der Waals surface area contributed by atoms with Crippen molar-refractivity contribution >= 4 is 34.1 Å². The lowest BCUT2D eigenvalue weighted by molar-refractivity contribution is 0.102. The molecule has 1 N–H and O–H groups in total. The van der Waals surface area contributed by atoms with Crippen molar-refractivity contribution in [2.24, 2.45) is 5.92 Å². The molecule has 0 atom stereocenters. The number of nitrogens with one attached hydrogen (secondary N) is 1. The number of hydrogen-bond donors (Lipinski definition) is 1. The summed E-state index contributed by atoms with van der Waals surface area (Å²) in [6, 6.07) is 6.03. The van der Waals surface area contributed by atoms with Gasteiger partial charge >= 0.3 is 0 Å². The highest BCUT2D eigenvalue weighted by atomic mass is 32.2. The number of rotatable bonds is 5. The minimum Gasteiger partial charge on any atom is -0.296 e. The average molecular weight is 348 g/mol. The Morgan fingerprint density at radius 1 is 1.26 bits per heavy atom. The van der Waals surface area contributed by atoms with Gasteiger partial charge in [-0.05, 0) is 54.9 Å². The van der Waals surface area contributed by atoms with E-state index in [0.29, 0.717) is 16.6 Å². The van der Waals surface area contributed by atoms with Gasteiger partial charge in [0.2, 0.25) is 5.13 Å². The van der Waals surface area contributed by atoms with Crippen LogP contribution in [0.15, 0.2) is 22.5 Å². The normalized spacial score (nSPS) is 13.9. The summed E-state index contributed by atoms with van der Waals surface area (Å²) in [5.74, 6) is 1.51. The zero-order chi connectivity index (χ0) is 16.2. The summed E-state index contributed by atoms with van der Waals surface area (Å²) in [7, 11) is 0. The summed E-state index contributed by atoms with van der Waals surface area (Å²) in [5.41, 5.74) is 3.41. The lowest BCUT2D eigenvalue weighted by Gasteiger charge is -2.16. The van der Waals surface area contributed by atoms with Gasteiger partial charge in [-0.3, -0.25) is 10.1 Å². The topological polar surface area (TPSA) is 54.9 Å². The second-order valence-electron chi connectivity index (χ2n) is 6.22. The van der Waals surface area contributed by atoms with Gasteiger partial charge in [-0.15, -0.1) is 10.2 Å². The largest absolute Gasteiger partial charge is 0.296 e. The molecule has 0 aliphatic heterocycles. The third-order valence-electron chi connectivity index (χ3n) is 3.78. The summed E-state index contributed by atoms with van der Waals surface area (Å²) in [5, 5.41) is 11.6. The van der Waals surface area contributed by atoms with Crippen LogP contribution in [0, 0.1) is 5.92 Å². The highest BCUT2D eigenvalue weighted by Crippen LogP contribution is 2.27. The van der Waals surface area contributed by atoms with Crippen molar-refractivity contribution in [2.45, 2.75) is 43.9 Å². The molecule has 1 aliphatic carbocycles. The van der Waals surface area contributed by atoms with Crippen molar-refractivity contribution in [3.05, 3.63) is 34.9 Å². The SMILES string of the molecule is CC(C)CSc1nnc(NC(=O)c2ccc3c(c2)CCCC3)s1. The monoisotopic (exact) mass is 347 g/mol. The van der Waals surface area contributed by atoms with Crippen LogP contribution in [-0.4, -0.2) is 21.9 Å². The first-order chi connectivity index (χ1) is 11.1. The number of carbonyl (C=O) groups excluding carboxylic acids is 1. The summed E-state index contributed by atoms with van der Waals surface area (Å²) in [6.07, 6.45) is 4.67. The molecule has 122 valence electrons. The molecule has 23 heavy (non-hydrogen) atoms. The van der Waals surface area contributed by atoms with Gasteiger partial charge in [0.15, 0.2) is 4.34 Å². The Morgan fingerprint density at radius 3 is 2.83 bits per heavy atom. The fourth-order valence-electron chi connectivity index (χ4n) is 2.60. The molecule has 2 aromatic rings. The van der Waals surface area contributed by atoms with E-state index in [4.69, 9.17) is 0 Å². The van der Waals surface area contributed by atoms with Crippen molar-refractivity contribution in [3.8, 4) is 0 Å². The highest BCUT2D eigenvalue weighted by Gasteiger charge is 2.14. The number of thioether (sulfide) groups is 1. The van der Waals surface area contributed by atoms with Crippen LogP contribution in [0.25, 0.3) is 0 Å². The molecule has 0 saturated heterocycles. The first kappa shape index (κ1) is 16.5. The molecule has 1 aromatic heterocycles. The van der Waals surface area contributed by atoms with E-state index < -0.39 is 0 Å². The molecule has 3 rings (SSSR count). The van der Waals surface area contributed by atoms with Crippen molar-refractivity contribution in [2.75, 3.05) is 11.1 Å². The van der Waals surface area contributed by atoms with Crippen molar-refractivity contribution in [1.82, 2.24) is 10.2 Å². The van der Waals surface area contributed by atoms with E-state index in [9.17, 15) is 4.79 Å². The quantitative estimate of drug-likeness (QED) is 0.643. The van der Waals surface area contributed by atoms with E-state index in [-0.39, 0.29) is 5.91 Å². The summed E-state index contributed by atoms with van der Waals surface area (Å²) < 4.78 is 0.902. The molecule has 0 radical (unpaired) electrons. The summed E-state index contributed by atoms with van der Waals surface area (Å²) >= 11 is 3.12. The number of anilines is 1. The average Bonchev–Trinajstić information content (AvgIpc) is 3.00. The van der Waals surface area contributed by atoms with E-state index in [0.717, 1.165) is 22.9 Å². The number of benzene rings is 1. The fourth-order valence-corrected chi connectivity index (χ4v) is 4.32. The molecular formula is C17H21N3OS2. The second kappa shape index (κ2) is 7.45. The maximum atomic E-state index is 12.4. The molecule has 0 bridgehead atoms. The standard InChI is InChI=1S/C17H21N3OS2/c1-11(2)10-22-17-20-19-16(23-17)18-15(21)14-8-7-12-5-3-4-6-13(12)9-14/h7-9,11H,3-6,10H2,1-2H3,(H,18,19,21). The number of aromatic nitrogens is 2. The Bertz CT molecular complexity index is 697. The lowest BCUT2D eigenvalue weighted by Crippen LogP contribution is -2.13. The van der Waals surface area contributed by atoms with Crippen LogP contribution in [-0.2, 0) is 12.8 Å². The van der Waals surface area contributed by atoms with Gasteiger partial charge in [-0.2, -0.15) is 0 Å². The van der Waals surface area contributed by atoms with E-state index >= 15 is 0 Å². The zero-order valence-electron chi connectivity index (χ0n) is 13.5. The zero-order valence-corrected chi connectivity index (χ0v) is 15.1. The molecule has 1 aliphatic rings. The highest BCUT2D eigenvalue weighted by molar-refractivity contribution is 8.01. The van der Waals surface area contributed by atoms with Crippen LogP contribution in [0.5, 0.6) is 0 Å². The molecule has 6 heteroatoms. The van der Waals surface area contributed by atoms with Crippen LogP contribution in [0.3, 0.4) is 0 Å². The van der Waals surface area contributed by atoms with Gasteiger partial charge in [-0.25, -0.2) is 0 Å². The van der Waals surface area contributed by atoms with E-state index in [2.05, 4.69) is 35.4 Å². The van der Waals surface area contributed by atoms with Crippen molar-refractivity contribution in [1.29, 1.82) is 0 Å². The van der Waals surface area contributed by atoms with E-state index in [1.807, 2.05) is 12.1 Å². The van der Waals surface area contributed by atoms with Crippen LogP contribution in [0.1, 0.15) is 48.2 Å². The molecule has 0 spiro atoms. The minimum absolute atomic E-state index is 0.102. The summed E-state index contributed by atoms with van der Waals surface area (Å²) in [4.78, 5) is 12.4. The van der Waals surface area contributed by atoms with Gasteiger partial charge in [0.25, 0.3) is 5.91 Å². The number of hydrogen-bond acceptors (Lipinski definition) is 5. The van der Waals surface area contributed by atoms with Gasteiger partial charge in [-0.1, -0.05) is 43.0 Å². The van der Waals surface area contributed by atoms with Gasteiger partial charge in [0.1, 0.15) is 0 Å². The molecule has 1 aromatic carbocycles. The summed E-state index contributed by atoms with van der Waals surface area (Å²) in [6.45, 7) is 4.35. The van der Waals surface area contributed by atoms with Crippen LogP contribution >= 0.6 is 23.1 Å². The molecule has 1 heterocycles. The third-order valence-corrected chi connectivity index (χ3v) is 6.18. The number of nitrogens with zero attached hydrogens (tertiary/aromatic N) is 2. The first-order valence-corrected chi connectivity index (χ1v) is 9.81. The van der Waals surface area contributed by atoms with Gasteiger partial charge in [0, 0.05) is 11.3 Å². The van der Waals surface area contributed by atoms with Gasteiger partial charge < -0.3 is 0 Å². The Kier molecular flexibility index (Phi) is 5.33. The van der Waals surface area contributed by atoms with Crippen molar-refractivity contribution < 1.29 is 4.79 Å². The third kappa shape index (κ3) is 4.32. The maximum Gasteiger partial charge on any atom is 0.257 e. The number of amides is 1. The number of aryl methyl sites for hydroxylation is 2. The smallest absolute Gasteiger partial charge is 0.257 e. The number of fused-ring (bicyclic) bond motifs is 1. The van der Waals surface area contributed by atoms with Crippen LogP contribution < -0.4 is 5.32 Å². The minimum atomic E-state index is -0.102. The molecule has 0 saturated carbocycles. The fraction of sp³-hybridized carbons (Fsp3) is 0.471. The Balaban J connectivity index is 1.65. The number of carbonyl (C=O) groups is 1.